The van der Waals surface area contributed by atoms with Crippen LogP contribution in [0.2, 0.25) is 0 Å². The summed E-state index contributed by atoms with van der Waals surface area (Å²) in [6.07, 6.45) is 1.55. The van der Waals surface area contributed by atoms with Gasteiger partial charge in [-0.2, -0.15) is 0 Å². The number of hydrogen-bond donors (Lipinski definition) is 1. The highest BCUT2D eigenvalue weighted by Crippen LogP contribution is 2.14. The largest absolute Gasteiger partial charge is 0.467 e. The fourth-order valence-corrected chi connectivity index (χ4v) is 1.95. The third kappa shape index (κ3) is 2.11. The summed E-state index contributed by atoms with van der Waals surface area (Å²) in [5.41, 5.74) is 1.50. The molecule has 2 aromatic heterocycles. The molecule has 0 bridgehead atoms. The molecule has 0 aliphatic rings. The molecule has 2 heterocycles. The van der Waals surface area contributed by atoms with Crippen molar-refractivity contribution in [3.05, 3.63) is 58.5 Å². The van der Waals surface area contributed by atoms with Crippen LogP contribution < -0.4 is 11.1 Å². The van der Waals surface area contributed by atoms with Gasteiger partial charge in [-0.25, -0.2) is 4.79 Å². The van der Waals surface area contributed by atoms with Gasteiger partial charge < -0.3 is 14.2 Å². The first-order valence-electron chi connectivity index (χ1n) is 6.05. The molecule has 3 aromatic rings. The van der Waals surface area contributed by atoms with Gasteiger partial charge in [0.25, 0.3) is 5.91 Å². The van der Waals surface area contributed by atoms with Crippen LogP contribution >= 0.6 is 0 Å². The maximum Gasteiger partial charge on any atom is 0.419 e. The standard InChI is InChI=1S/C14H12N2O4/c1-16-11-7-9(4-5-12(11)20-14(16)18)13(17)15-8-10-3-2-6-19-10/h2-7H,8H2,1H3,(H,15,17). The van der Waals surface area contributed by atoms with Crippen LogP contribution in [-0.2, 0) is 13.6 Å². The second kappa shape index (κ2) is 4.73. The van der Waals surface area contributed by atoms with Crippen molar-refractivity contribution < 1.29 is 13.6 Å². The van der Waals surface area contributed by atoms with Crippen molar-refractivity contribution in [1.29, 1.82) is 0 Å². The molecule has 20 heavy (non-hydrogen) atoms. The lowest BCUT2D eigenvalue weighted by atomic mass is 10.2. The Morgan fingerprint density at radius 3 is 2.95 bits per heavy atom. The highest BCUT2D eigenvalue weighted by molar-refractivity contribution is 5.97. The molecule has 1 aromatic carbocycles. The van der Waals surface area contributed by atoms with E-state index in [-0.39, 0.29) is 5.91 Å². The Kier molecular flexibility index (Phi) is 2.90. The number of hydrogen-bond acceptors (Lipinski definition) is 4. The lowest BCUT2D eigenvalue weighted by Gasteiger charge is -2.03. The molecule has 102 valence electrons. The summed E-state index contributed by atoms with van der Waals surface area (Å²) < 4.78 is 11.5. The second-order valence-corrected chi connectivity index (χ2v) is 4.37. The number of fused-ring (bicyclic) bond motifs is 1. The van der Waals surface area contributed by atoms with Crippen LogP contribution in [0.5, 0.6) is 0 Å². The molecule has 0 atom stereocenters. The lowest BCUT2D eigenvalue weighted by molar-refractivity contribution is 0.0948. The Hall–Kier alpha value is -2.76. The summed E-state index contributed by atoms with van der Waals surface area (Å²) in [7, 11) is 1.60. The maximum atomic E-state index is 12.0. The van der Waals surface area contributed by atoms with Crippen LogP contribution in [-0.4, -0.2) is 10.5 Å². The third-order valence-electron chi connectivity index (χ3n) is 3.06. The van der Waals surface area contributed by atoms with Gasteiger partial charge in [0.1, 0.15) is 5.76 Å². The molecule has 3 rings (SSSR count). The molecule has 6 heteroatoms. The number of carbonyl (C=O) groups is 1. The van der Waals surface area contributed by atoms with Crippen LogP contribution in [0, 0.1) is 0 Å². The highest BCUT2D eigenvalue weighted by Gasteiger charge is 2.11. The van der Waals surface area contributed by atoms with Gasteiger partial charge in [-0.15, -0.1) is 0 Å². The van der Waals surface area contributed by atoms with E-state index in [1.54, 1.807) is 43.6 Å². The second-order valence-electron chi connectivity index (χ2n) is 4.37. The monoisotopic (exact) mass is 272 g/mol. The van der Waals surface area contributed by atoms with Crippen molar-refractivity contribution in [1.82, 2.24) is 9.88 Å². The van der Waals surface area contributed by atoms with Crippen molar-refractivity contribution >= 4 is 17.0 Å². The maximum absolute atomic E-state index is 12.0. The molecule has 0 radical (unpaired) electrons. The molecule has 0 saturated heterocycles. The number of aromatic nitrogens is 1. The number of amides is 1. The van der Waals surface area contributed by atoms with Gasteiger partial charge in [0, 0.05) is 12.6 Å². The van der Waals surface area contributed by atoms with Crippen molar-refractivity contribution in [2.75, 3.05) is 0 Å². The van der Waals surface area contributed by atoms with E-state index in [0.29, 0.717) is 29.0 Å². The average molecular weight is 272 g/mol. The summed E-state index contributed by atoms with van der Waals surface area (Å²) in [6, 6.07) is 8.39. The number of carbonyl (C=O) groups excluding carboxylic acids is 1. The zero-order valence-corrected chi connectivity index (χ0v) is 10.8. The van der Waals surface area contributed by atoms with E-state index >= 15 is 0 Å². The van der Waals surface area contributed by atoms with E-state index < -0.39 is 5.76 Å². The van der Waals surface area contributed by atoms with Gasteiger partial charge in [0.2, 0.25) is 0 Å². The first-order valence-corrected chi connectivity index (χ1v) is 6.05. The molecule has 0 aliphatic heterocycles. The Bertz CT molecular complexity index is 811. The molecular weight excluding hydrogens is 260 g/mol. The van der Waals surface area contributed by atoms with E-state index in [0.717, 1.165) is 0 Å². The molecule has 0 unspecified atom stereocenters. The van der Waals surface area contributed by atoms with Crippen LogP contribution in [0.4, 0.5) is 0 Å². The minimum absolute atomic E-state index is 0.239. The smallest absolute Gasteiger partial charge is 0.419 e. The fraction of sp³-hybridized carbons (Fsp3) is 0.143. The molecule has 1 amide bonds. The van der Waals surface area contributed by atoms with E-state index in [1.165, 1.54) is 4.57 Å². The molecular formula is C14H12N2O4. The summed E-state index contributed by atoms with van der Waals surface area (Å²) >= 11 is 0. The number of aryl methyl sites for hydroxylation is 1. The first-order chi connectivity index (χ1) is 9.65. The zero-order chi connectivity index (χ0) is 14.1. The number of benzene rings is 1. The van der Waals surface area contributed by atoms with Crippen LogP contribution in [0.3, 0.4) is 0 Å². The van der Waals surface area contributed by atoms with Crippen LogP contribution in [0.15, 0.2) is 50.2 Å². The Labute approximate surface area is 113 Å². The number of furan rings is 1. The van der Waals surface area contributed by atoms with Crippen LogP contribution in [0.25, 0.3) is 11.1 Å². The number of rotatable bonds is 3. The average Bonchev–Trinajstić information content (AvgIpc) is 3.06. The van der Waals surface area contributed by atoms with Crippen molar-refractivity contribution in [2.24, 2.45) is 7.05 Å². The predicted molar refractivity (Wildman–Crippen MR) is 71.3 cm³/mol. The predicted octanol–water partition coefficient (Wildman–Crippen LogP) is 1.65. The molecule has 0 fully saturated rings. The molecule has 1 N–H and O–H groups in total. The molecule has 0 saturated carbocycles. The van der Waals surface area contributed by atoms with Gasteiger partial charge in [-0.1, -0.05) is 0 Å². The Balaban J connectivity index is 1.84. The molecule has 0 aliphatic carbocycles. The molecule has 6 nitrogen and oxygen atoms in total. The van der Waals surface area contributed by atoms with E-state index in [4.69, 9.17) is 8.83 Å². The van der Waals surface area contributed by atoms with Crippen LogP contribution in [0.1, 0.15) is 16.1 Å². The fourth-order valence-electron chi connectivity index (χ4n) is 1.95. The van der Waals surface area contributed by atoms with Gasteiger partial charge in [0.05, 0.1) is 18.3 Å². The van der Waals surface area contributed by atoms with E-state index in [2.05, 4.69) is 5.32 Å². The first kappa shape index (κ1) is 12.3. The normalized spacial score (nSPS) is 10.8. The van der Waals surface area contributed by atoms with E-state index in [1.807, 2.05) is 0 Å². The summed E-state index contributed by atoms with van der Waals surface area (Å²) in [5, 5.41) is 2.74. The summed E-state index contributed by atoms with van der Waals surface area (Å²) in [5.74, 6) is -0.0137. The summed E-state index contributed by atoms with van der Waals surface area (Å²) in [6.45, 7) is 0.314. The highest BCUT2D eigenvalue weighted by atomic mass is 16.4. The number of nitrogens with one attached hydrogen (secondary N) is 1. The minimum atomic E-state index is -0.451. The Morgan fingerprint density at radius 2 is 2.20 bits per heavy atom. The van der Waals surface area contributed by atoms with Gasteiger partial charge in [-0.3, -0.25) is 9.36 Å². The lowest BCUT2D eigenvalue weighted by Crippen LogP contribution is -2.22. The zero-order valence-electron chi connectivity index (χ0n) is 10.8. The van der Waals surface area contributed by atoms with Crippen molar-refractivity contribution in [3.8, 4) is 0 Å². The van der Waals surface area contributed by atoms with Gasteiger partial charge >= 0.3 is 5.76 Å². The topological polar surface area (TPSA) is 77.4 Å². The third-order valence-corrected chi connectivity index (χ3v) is 3.06. The summed E-state index contributed by atoms with van der Waals surface area (Å²) in [4.78, 5) is 23.4. The molecule has 0 spiro atoms. The number of oxazole rings is 1. The van der Waals surface area contributed by atoms with Gasteiger partial charge in [-0.05, 0) is 30.3 Å². The quantitative estimate of drug-likeness (QED) is 0.786. The SMILES string of the molecule is Cn1c(=O)oc2ccc(C(=O)NCc3ccco3)cc21. The van der Waals surface area contributed by atoms with E-state index in [9.17, 15) is 9.59 Å². The minimum Gasteiger partial charge on any atom is -0.467 e. The van der Waals surface area contributed by atoms with Crippen molar-refractivity contribution in [2.45, 2.75) is 6.54 Å². The number of nitrogens with zero attached hydrogens (tertiary/aromatic N) is 1. The van der Waals surface area contributed by atoms with Gasteiger partial charge in [0.15, 0.2) is 5.58 Å². The van der Waals surface area contributed by atoms with Crippen molar-refractivity contribution in [3.63, 3.8) is 0 Å². The Morgan fingerprint density at radius 1 is 1.35 bits per heavy atom.